The van der Waals surface area contributed by atoms with Crippen LogP contribution in [0.15, 0.2) is 18.2 Å². The van der Waals surface area contributed by atoms with Crippen molar-refractivity contribution in [2.45, 2.75) is 33.1 Å². The van der Waals surface area contributed by atoms with E-state index >= 15 is 0 Å². The molecule has 0 unspecified atom stereocenters. The van der Waals surface area contributed by atoms with Crippen molar-refractivity contribution in [2.75, 3.05) is 26.2 Å². The van der Waals surface area contributed by atoms with Gasteiger partial charge in [-0.25, -0.2) is 0 Å². The van der Waals surface area contributed by atoms with Crippen LogP contribution in [0.1, 0.15) is 30.9 Å². The van der Waals surface area contributed by atoms with Gasteiger partial charge in [0.1, 0.15) is 5.75 Å². The summed E-state index contributed by atoms with van der Waals surface area (Å²) in [6.07, 6.45) is 3.64. The fourth-order valence-corrected chi connectivity index (χ4v) is 2.40. The highest BCUT2D eigenvalue weighted by Gasteiger charge is 2.40. The minimum atomic E-state index is 0.425. The molecule has 0 aliphatic heterocycles. The van der Waals surface area contributed by atoms with Gasteiger partial charge in [-0.2, -0.15) is 0 Å². The molecule has 3 N–H and O–H groups in total. The molecule has 0 atom stereocenters. The number of rotatable bonds is 8. The van der Waals surface area contributed by atoms with E-state index in [0.717, 1.165) is 38.4 Å². The fraction of sp³-hybridized carbons (Fsp3) is 0.625. The molecule has 0 heterocycles. The Balaban J connectivity index is 1.75. The lowest BCUT2D eigenvalue weighted by Gasteiger charge is -2.13. The lowest BCUT2D eigenvalue weighted by Crippen LogP contribution is -2.30. The molecule has 0 amide bonds. The van der Waals surface area contributed by atoms with Crippen molar-refractivity contribution in [3.63, 3.8) is 0 Å². The largest absolute Gasteiger partial charge is 0.494 e. The van der Waals surface area contributed by atoms with Gasteiger partial charge in [-0.05, 0) is 68.8 Å². The molecule has 106 valence electrons. The van der Waals surface area contributed by atoms with Crippen LogP contribution >= 0.6 is 0 Å². The maximum atomic E-state index is 5.77. The summed E-state index contributed by atoms with van der Waals surface area (Å²) in [5.41, 5.74) is 8.79. The van der Waals surface area contributed by atoms with Crippen molar-refractivity contribution in [2.24, 2.45) is 11.1 Å². The topological polar surface area (TPSA) is 47.3 Å². The van der Waals surface area contributed by atoms with Crippen LogP contribution in [0.2, 0.25) is 0 Å². The van der Waals surface area contributed by atoms with Crippen molar-refractivity contribution >= 4 is 0 Å². The second kappa shape index (κ2) is 6.40. The first-order valence-electron chi connectivity index (χ1n) is 7.32. The molecule has 19 heavy (non-hydrogen) atoms. The maximum Gasteiger partial charge on any atom is 0.122 e. The second-order valence-electron chi connectivity index (χ2n) is 5.66. The molecule has 1 saturated carbocycles. The monoisotopic (exact) mass is 262 g/mol. The van der Waals surface area contributed by atoms with E-state index in [9.17, 15) is 0 Å². The summed E-state index contributed by atoms with van der Waals surface area (Å²) in [5, 5.41) is 3.54. The molecule has 1 aromatic carbocycles. The van der Waals surface area contributed by atoms with Gasteiger partial charge in [-0.15, -0.1) is 0 Å². The van der Waals surface area contributed by atoms with Crippen LogP contribution < -0.4 is 15.8 Å². The fourth-order valence-electron chi connectivity index (χ4n) is 2.40. The zero-order valence-corrected chi connectivity index (χ0v) is 12.2. The van der Waals surface area contributed by atoms with E-state index in [1.807, 2.05) is 6.92 Å². The van der Waals surface area contributed by atoms with E-state index in [-0.39, 0.29) is 0 Å². The van der Waals surface area contributed by atoms with Crippen molar-refractivity contribution in [3.05, 3.63) is 29.3 Å². The first-order valence-corrected chi connectivity index (χ1v) is 7.32. The quantitative estimate of drug-likeness (QED) is 0.707. The standard InChI is InChI=1S/C16H26N2O/c1-3-19-15-5-4-14(10-13(15)2)6-9-18-12-16(11-17)7-8-16/h4-5,10,18H,3,6-9,11-12,17H2,1-2H3. The van der Waals surface area contributed by atoms with Gasteiger partial charge < -0.3 is 15.8 Å². The molecule has 1 fully saturated rings. The van der Waals surface area contributed by atoms with Gasteiger partial charge in [0.25, 0.3) is 0 Å². The molecule has 0 spiro atoms. The number of ether oxygens (including phenoxy) is 1. The average Bonchev–Trinajstić information content (AvgIpc) is 3.19. The summed E-state index contributed by atoms with van der Waals surface area (Å²) in [6.45, 7) is 7.76. The van der Waals surface area contributed by atoms with Gasteiger partial charge in [-0.1, -0.05) is 12.1 Å². The van der Waals surface area contributed by atoms with Crippen LogP contribution in [-0.2, 0) is 6.42 Å². The van der Waals surface area contributed by atoms with Crippen LogP contribution in [0.25, 0.3) is 0 Å². The number of nitrogens with two attached hydrogens (primary N) is 1. The summed E-state index contributed by atoms with van der Waals surface area (Å²) in [6, 6.07) is 6.47. The smallest absolute Gasteiger partial charge is 0.122 e. The number of aryl methyl sites for hydroxylation is 1. The summed E-state index contributed by atoms with van der Waals surface area (Å²) in [7, 11) is 0. The van der Waals surface area contributed by atoms with Gasteiger partial charge in [0, 0.05) is 6.54 Å². The summed E-state index contributed by atoms with van der Waals surface area (Å²) in [4.78, 5) is 0. The van der Waals surface area contributed by atoms with Crippen LogP contribution in [0, 0.1) is 12.3 Å². The normalized spacial score (nSPS) is 16.4. The minimum absolute atomic E-state index is 0.425. The first-order chi connectivity index (χ1) is 9.19. The summed E-state index contributed by atoms with van der Waals surface area (Å²) in [5.74, 6) is 0.999. The highest BCUT2D eigenvalue weighted by Crippen LogP contribution is 2.43. The molecule has 0 saturated heterocycles. The van der Waals surface area contributed by atoms with Crippen LogP contribution in [0.5, 0.6) is 5.75 Å². The first kappa shape index (κ1) is 14.4. The minimum Gasteiger partial charge on any atom is -0.494 e. The van der Waals surface area contributed by atoms with Crippen molar-refractivity contribution in [1.29, 1.82) is 0 Å². The molecule has 0 aromatic heterocycles. The Morgan fingerprint density at radius 3 is 2.74 bits per heavy atom. The molecule has 2 rings (SSSR count). The predicted molar refractivity (Wildman–Crippen MR) is 79.6 cm³/mol. The Bertz CT molecular complexity index is 413. The second-order valence-corrected chi connectivity index (χ2v) is 5.66. The third-order valence-electron chi connectivity index (χ3n) is 4.02. The van der Waals surface area contributed by atoms with E-state index in [1.165, 1.54) is 24.0 Å². The van der Waals surface area contributed by atoms with Gasteiger partial charge in [0.05, 0.1) is 6.61 Å². The zero-order valence-electron chi connectivity index (χ0n) is 12.2. The van der Waals surface area contributed by atoms with E-state index in [0.29, 0.717) is 5.41 Å². The van der Waals surface area contributed by atoms with E-state index in [2.05, 4.69) is 30.4 Å². The van der Waals surface area contributed by atoms with Crippen LogP contribution in [0.3, 0.4) is 0 Å². The Morgan fingerprint density at radius 2 is 2.16 bits per heavy atom. The zero-order chi connectivity index (χ0) is 13.7. The maximum absolute atomic E-state index is 5.77. The van der Waals surface area contributed by atoms with Crippen LogP contribution in [-0.4, -0.2) is 26.2 Å². The molecule has 0 radical (unpaired) electrons. The Kier molecular flexibility index (Phi) is 4.83. The van der Waals surface area contributed by atoms with Crippen molar-refractivity contribution in [3.8, 4) is 5.75 Å². The molecule has 3 heteroatoms. The SMILES string of the molecule is CCOc1ccc(CCNCC2(CN)CC2)cc1C. The van der Waals surface area contributed by atoms with E-state index < -0.39 is 0 Å². The number of hydrogen-bond acceptors (Lipinski definition) is 3. The highest BCUT2D eigenvalue weighted by molar-refractivity contribution is 5.36. The molecule has 3 nitrogen and oxygen atoms in total. The summed E-state index contributed by atoms with van der Waals surface area (Å²) >= 11 is 0. The highest BCUT2D eigenvalue weighted by atomic mass is 16.5. The average molecular weight is 262 g/mol. The molecule has 1 aliphatic rings. The predicted octanol–water partition coefficient (Wildman–Crippen LogP) is 2.26. The molecular weight excluding hydrogens is 236 g/mol. The van der Waals surface area contributed by atoms with Crippen LogP contribution in [0.4, 0.5) is 0 Å². The molecular formula is C16H26N2O. The lowest BCUT2D eigenvalue weighted by molar-refractivity contribution is 0.338. The van der Waals surface area contributed by atoms with Gasteiger partial charge in [0.15, 0.2) is 0 Å². The number of hydrogen-bond donors (Lipinski definition) is 2. The number of nitrogens with one attached hydrogen (secondary N) is 1. The molecule has 0 bridgehead atoms. The van der Waals surface area contributed by atoms with Crippen molar-refractivity contribution < 1.29 is 4.74 Å². The Labute approximate surface area is 116 Å². The van der Waals surface area contributed by atoms with Gasteiger partial charge in [-0.3, -0.25) is 0 Å². The van der Waals surface area contributed by atoms with Gasteiger partial charge >= 0.3 is 0 Å². The molecule has 1 aromatic rings. The molecule has 1 aliphatic carbocycles. The van der Waals surface area contributed by atoms with E-state index in [1.54, 1.807) is 0 Å². The number of benzene rings is 1. The summed E-state index contributed by atoms with van der Waals surface area (Å²) < 4.78 is 5.56. The Hall–Kier alpha value is -1.06. The van der Waals surface area contributed by atoms with Crippen molar-refractivity contribution in [1.82, 2.24) is 5.32 Å². The third-order valence-corrected chi connectivity index (χ3v) is 4.02. The lowest BCUT2D eigenvalue weighted by atomic mass is 10.1. The Morgan fingerprint density at radius 1 is 1.37 bits per heavy atom. The third kappa shape index (κ3) is 3.95. The van der Waals surface area contributed by atoms with E-state index in [4.69, 9.17) is 10.5 Å². The van der Waals surface area contributed by atoms with Gasteiger partial charge in [0.2, 0.25) is 0 Å².